The molecule has 2 aliphatic carbocycles. The van der Waals surface area contributed by atoms with Crippen LogP contribution in [0.25, 0.3) is 0 Å². The van der Waals surface area contributed by atoms with Crippen LogP contribution in [-0.4, -0.2) is 105 Å². The molecule has 0 bridgehead atoms. The highest BCUT2D eigenvalue weighted by molar-refractivity contribution is 7.90. The van der Waals surface area contributed by atoms with Gasteiger partial charge in [-0.15, -0.1) is 0 Å². The highest BCUT2D eigenvalue weighted by atomic mass is 32.2. The highest BCUT2D eigenvalue weighted by Crippen LogP contribution is 2.41. The van der Waals surface area contributed by atoms with Crippen molar-refractivity contribution in [3.63, 3.8) is 0 Å². The van der Waals surface area contributed by atoms with Crippen molar-refractivity contribution in [2.45, 2.75) is 55.6 Å². The van der Waals surface area contributed by atoms with Crippen LogP contribution >= 0.6 is 0 Å². The van der Waals surface area contributed by atoms with Crippen LogP contribution in [-0.2, 0) is 19.6 Å². The Morgan fingerprint density at radius 2 is 1.91 bits per heavy atom. The summed E-state index contributed by atoms with van der Waals surface area (Å²) in [6.07, 6.45) is -0.430. The molecule has 5 aliphatic rings. The first kappa shape index (κ1) is 23.4. The molecule has 0 aromatic rings. The summed E-state index contributed by atoms with van der Waals surface area (Å²) in [5.74, 6) is -0.858. The summed E-state index contributed by atoms with van der Waals surface area (Å²) in [6, 6.07) is -1.01. The van der Waals surface area contributed by atoms with Gasteiger partial charge in [0.15, 0.2) is 0 Å². The third-order valence-electron chi connectivity index (χ3n) is 7.85. The first-order chi connectivity index (χ1) is 15.6. The van der Waals surface area contributed by atoms with E-state index in [-0.39, 0.29) is 43.2 Å². The van der Waals surface area contributed by atoms with E-state index in [1.807, 2.05) is 19.0 Å². The van der Waals surface area contributed by atoms with Gasteiger partial charge in [0, 0.05) is 63.1 Å². The largest absolute Gasteiger partial charge is 0.381 e. The third-order valence-corrected chi connectivity index (χ3v) is 9.92. The van der Waals surface area contributed by atoms with Crippen molar-refractivity contribution >= 4 is 22.0 Å². The first-order valence-electron chi connectivity index (χ1n) is 11.9. The Bertz CT molecular complexity index is 911. The molecule has 3 saturated heterocycles. The molecular weight excluding hydrogens is 453 g/mol. The molecule has 0 radical (unpaired) electrons. The lowest BCUT2D eigenvalue weighted by atomic mass is 9.79. The predicted molar refractivity (Wildman–Crippen MR) is 117 cm³/mol. The fraction of sp³-hybridized carbons (Fsp3) is 0.905. The van der Waals surface area contributed by atoms with Crippen LogP contribution in [0.2, 0.25) is 0 Å². The maximum Gasteiger partial charge on any atom is 0.326 e. The number of imide groups is 1. The molecule has 10 nitrogen and oxygen atoms in total. The monoisotopic (exact) mass is 487 g/mol. The van der Waals surface area contributed by atoms with E-state index in [0.29, 0.717) is 32.8 Å². The number of ether oxygens (including phenoxy) is 1. The van der Waals surface area contributed by atoms with Gasteiger partial charge in [-0.1, -0.05) is 0 Å². The molecule has 33 heavy (non-hydrogen) atoms. The predicted octanol–water partition coefficient (Wildman–Crippen LogP) is -0.0796. The molecule has 5 unspecified atom stereocenters. The van der Waals surface area contributed by atoms with Crippen molar-refractivity contribution in [3.05, 3.63) is 0 Å². The summed E-state index contributed by atoms with van der Waals surface area (Å²) < 4.78 is 49.3. The van der Waals surface area contributed by atoms with Crippen LogP contribution < -0.4 is 10.1 Å². The van der Waals surface area contributed by atoms with Crippen LogP contribution in [0, 0.1) is 17.8 Å². The summed E-state index contributed by atoms with van der Waals surface area (Å²) in [6.45, 7) is 4.90. The Morgan fingerprint density at radius 1 is 1.18 bits per heavy atom. The number of nitrogens with zero attached hydrogens (tertiary/aromatic N) is 3. The number of fused-ring (bicyclic) bond motifs is 1. The Labute approximate surface area is 194 Å². The number of sulfonamides is 1. The number of hydrazine groups is 1. The highest BCUT2D eigenvalue weighted by Gasteiger charge is 2.56. The minimum Gasteiger partial charge on any atom is -0.381 e. The van der Waals surface area contributed by atoms with Crippen LogP contribution in [0.1, 0.15) is 32.6 Å². The molecule has 3 amide bonds. The van der Waals surface area contributed by atoms with Gasteiger partial charge in [0.25, 0.3) is 0 Å². The maximum atomic E-state index is 15.3. The molecule has 5 atom stereocenters. The smallest absolute Gasteiger partial charge is 0.326 e. The van der Waals surface area contributed by atoms with E-state index in [0.717, 1.165) is 12.8 Å². The Kier molecular flexibility index (Phi) is 5.96. The zero-order chi connectivity index (χ0) is 23.5. The number of hydrogen-bond acceptors (Lipinski definition) is 7. The number of carbonyl (C=O) groups excluding carboxylic acids is 2. The average molecular weight is 488 g/mol. The van der Waals surface area contributed by atoms with E-state index in [1.165, 1.54) is 4.90 Å². The van der Waals surface area contributed by atoms with Gasteiger partial charge in [-0.25, -0.2) is 27.3 Å². The Balaban J connectivity index is 1.39. The number of hydrogen-bond donors (Lipinski definition) is 2. The average Bonchev–Trinajstić information content (AvgIpc) is 3.27. The van der Waals surface area contributed by atoms with Crippen molar-refractivity contribution in [1.82, 2.24) is 25.0 Å². The lowest BCUT2D eigenvalue weighted by Gasteiger charge is -2.50. The summed E-state index contributed by atoms with van der Waals surface area (Å²) in [4.78, 5) is 29.8. The number of halogens is 1. The fourth-order valence-electron chi connectivity index (χ4n) is 5.56. The molecule has 3 heterocycles. The van der Waals surface area contributed by atoms with E-state index in [4.69, 9.17) is 4.74 Å². The summed E-state index contributed by atoms with van der Waals surface area (Å²) in [7, 11) is -2.03. The molecule has 0 spiro atoms. The van der Waals surface area contributed by atoms with Gasteiger partial charge < -0.3 is 9.64 Å². The maximum absolute atomic E-state index is 15.3. The van der Waals surface area contributed by atoms with Gasteiger partial charge in [0.2, 0.25) is 15.9 Å². The van der Waals surface area contributed by atoms with Gasteiger partial charge in [0.1, 0.15) is 11.4 Å². The van der Waals surface area contributed by atoms with E-state index in [1.54, 1.807) is 4.90 Å². The second kappa shape index (κ2) is 8.40. The minimum absolute atomic E-state index is 0.0851. The Morgan fingerprint density at radius 3 is 2.48 bits per heavy atom. The van der Waals surface area contributed by atoms with Crippen molar-refractivity contribution in [2.24, 2.45) is 17.8 Å². The van der Waals surface area contributed by atoms with Gasteiger partial charge >= 0.3 is 6.03 Å². The van der Waals surface area contributed by atoms with E-state index >= 15 is 4.39 Å². The normalized spacial score (nSPS) is 37.2. The number of urea groups is 1. The quantitative estimate of drug-likeness (QED) is 0.517. The Hall–Kier alpha value is -1.34. The molecule has 5 rings (SSSR count). The molecule has 2 saturated carbocycles. The van der Waals surface area contributed by atoms with Crippen molar-refractivity contribution in [3.8, 4) is 0 Å². The number of alkyl halides is 1. The molecule has 0 aromatic carbocycles. The molecule has 2 N–H and O–H groups in total. The first-order valence-corrected chi connectivity index (χ1v) is 13.4. The molecule has 12 heteroatoms. The van der Waals surface area contributed by atoms with Crippen LogP contribution in [0.5, 0.6) is 0 Å². The summed E-state index contributed by atoms with van der Waals surface area (Å²) in [5.41, 5.74) is 2.68. The minimum atomic E-state index is -3.93. The molecule has 5 fully saturated rings. The van der Waals surface area contributed by atoms with Crippen molar-refractivity contribution in [2.75, 3.05) is 46.4 Å². The number of amides is 3. The lowest BCUT2D eigenvalue weighted by Crippen LogP contribution is -2.67. The van der Waals surface area contributed by atoms with E-state index in [2.05, 4.69) is 10.1 Å². The van der Waals surface area contributed by atoms with E-state index < -0.39 is 38.9 Å². The van der Waals surface area contributed by atoms with Gasteiger partial charge in [0.05, 0.1) is 19.1 Å². The second-order valence-corrected chi connectivity index (χ2v) is 12.7. The number of nitrogens with one attached hydrogen (secondary N) is 2. The molecule has 0 aromatic heterocycles. The summed E-state index contributed by atoms with van der Waals surface area (Å²) in [5, 5.41) is 0.639. The fourth-order valence-corrected chi connectivity index (χ4v) is 7.57. The van der Waals surface area contributed by atoms with Crippen LogP contribution in [0.4, 0.5) is 9.18 Å². The molecular formula is C21H34FN5O5S. The van der Waals surface area contributed by atoms with E-state index in [9.17, 15) is 18.0 Å². The van der Waals surface area contributed by atoms with Gasteiger partial charge in [-0.05, 0) is 26.2 Å². The van der Waals surface area contributed by atoms with Crippen LogP contribution in [0.3, 0.4) is 0 Å². The van der Waals surface area contributed by atoms with Crippen molar-refractivity contribution in [1.29, 1.82) is 0 Å². The van der Waals surface area contributed by atoms with Crippen molar-refractivity contribution < 1.29 is 27.1 Å². The second-order valence-electron chi connectivity index (χ2n) is 10.8. The molecule has 3 aliphatic heterocycles. The van der Waals surface area contributed by atoms with Gasteiger partial charge in [-0.2, -0.15) is 0 Å². The lowest BCUT2D eigenvalue weighted by molar-refractivity contribution is -0.143. The number of carbonyl (C=O) groups is 2. The van der Waals surface area contributed by atoms with Crippen LogP contribution in [0.15, 0.2) is 0 Å². The number of rotatable bonds is 7. The standard InChI is InChI=1S/C21H34FN5O5S/c1-21(3-4-21)24-33(30,31)18-5-15-17(6-16(18)22)26(10-14-11-32-12-14)20(29)27(19(15)28)9-13-7-23-25(2)8-13/h13-18,23-24H,3-12H2,1-2H3. The summed E-state index contributed by atoms with van der Waals surface area (Å²) >= 11 is 0. The molecule has 186 valence electrons. The SMILES string of the molecule is CN1CC(CN2C(=O)C3CC(S(=O)(=O)NC4(C)CC4)C(F)CC3N(CC3COC3)C2=O)CN1. The topological polar surface area (TPSA) is 111 Å². The van der Waals surface area contributed by atoms with Gasteiger partial charge in [-0.3, -0.25) is 15.1 Å². The zero-order valence-electron chi connectivity index (χ0n) is 19.2. The third kappa shape index (κ3) is 4.52. The zero-order valence-corrected chi connectivity index (χ0v) is 20.0.